The number of benzene rings is 2. The second-order valence-electron chi connectivity index (χ2n) is 10.8. The zero-order valence-electron chi connectivity index (χ0n) is 23.4. The van der Waals surface area contributed by atoms with Gasteiger partial charge in [-0.2, -0.15) is 0 Å². The molecular weight excluding hydrogens is 558 g/mol. The Hall–Kier alpha value is -4.67. The summed E-state index contributed by atoms with van der Waals surface area (Å²) >= 11 is 0.890. The number of carbonyl (C=O) groups is 2. The molecule has 43 heavy (non-hydrogen) atoms. The van der Waals surface area contributed by atoms with Crippen LogP contribution in [0.2, 0.25) is 0 Å². The summed E-state index contributed by atoms with van der Waals surface area (Å²) in [6.07, 6.45) is 9.19. The average Bonchev–Trinajstić information content (AvgIpc) is 3.36. The first-order valence-corrected chi connectivity index (χ1v) is 15.2. The van der Waals surface area contributed by atoms with E-state index in [-0.39, 0.29) is 11.1 Å². The molecule has 9 nitrogen and oxygen atoms in total. The number of nitrogens with one attached hydrogen (secondary N) is 2. The molecule has 7 rings (SSSR count). The Morgan fingerprint density at radius 2 is 1.79 bits per heavy atom. The van der Waals surface area contributed by atoms with E-state index in [0.717, 1.165) is 82.7 Å². The highest BCUT2D eigenvalue weighted by Gasteiger charge is 2.26. The van der Waals surface area contributed by atoms with Gasteiger partial charge in [0.15, 0.2) is 0 Å². The maximum atomic E-state index is 11.9. The predicted octanol–water partition coefficient (Wildman–Crippen LogP) is 5.57. The highest BCUT2D eigenvalue weighted by molar-refractivity contribution is 8.18. The molecule has 0 spiro atoms. The summed E-state index contributed by atoms with van der Waals surface area (Å²) in [6, 6.07) is 20.6. The number of aromatic nitrogens is 4. The number of para-hydroxylation sites is 1. The molecule has 0 unspecified atom stereocenters. The molecule has 2 fully saturated rings. The largest absolute Gasteiger partial charge is 0.341 e. The van der Waals surface area contributed by atoms with Gasteiger partial charge >= 0.3 is 0 Å². The molecule has 214 valence electrons. The topological polar surface area (TPSA) is 113 Å². The number of imide groups is 1. The average molecular weight is 588 g/mol. The van der Waals surface area contributed by atoms with Crippen LogP contribution in [0.1, 0.15) is 24.1 Å². The van der Waals surface area contributed by atoms with Crippen molar-refractivity contribution in [1.82, 2.24) is 30.6 Å². The second kappa shape index (κ2) is 11.9. The van der Waals surface area contributed by atoms with Gasteiger partial charge in [0, 0.05) is 54.6 Å². The minimum absolute atomic E-state index is 0.348. The molecule has 3 aromatic heterocycles. The van der Waals surface area contributed by atoms with Gasteiger partial charge in [0.2, 0.25) is 5.95 Å². The minimum atomic E-state index is -0.385. The van der Waals surface area contributed by atoms with Crippen molar-refractivity contribution >= 4 is 56.6 Å². The highest BCUT2D eigenvalue weighted by atomic mass is 32.2. The van der Waals surface area contributed by atoms with Crippen LogP contribution < -0.4 is 15.5 Å². The zero-order chi connectivity index (χ0) is 29.2. The Morgan fingerprint density at radius 3 is 2.63 bits per heavy atom. The molecule has 2 aromatic carbocycles. The van der Waals surface area contributed by atoms with Crippen molar-refractivity contribution in [2.75, 3.05) is 24.5 Å². The molecule has 2 aliphatic heterocycles. The lowest BCUT2D eigenvalue weighted by Crippen LogP contribution is -2.38. The molecular formula is C33H29N7O2S. The summed E-state index contributed by atoms with van der Waals surface area (Å²) < 4.78 is 0. The fourth-order valence-corrected chi connectivity index (χ4v) is 6.40. The number of thioether (sulfide) groups is 1. The number of nitrogens with zero attached hydrogens (tertiary/aromatic N) is 5. The third-order valence-corrected chi connectivity index (χ3v) is 8.77. The maximum Gasteiger partial charge on any atom is 0.290 e. The quantitative estimate of drug-likeness (QED) is 0.236. The molecule has 2 saturated heterocycles. The summed E-state index contributed by atoms with van der Waals surface area (Å²) in [4.78, 5) is 44.6. The normalized spacial score (nSPS) is 16.8. The van der Waals surface area contributed by atoms with Crippen LogP contribution >= 0.6 is 11.8 Å². The van der Waals surface area contributed by atoms with Gasteiger partial charge in [0.25, 0.3) is 11.1 Å². The smallest absolute Gasteiger partial charge is 0.290 e. The Morgan fingerprint density at radius 1 is 0.977 bits per heavy atom. The van der Waals surface area contributed by atoms with E-state index in [2.05, 4.69) is 72.9 Å². The van der Waals surface area contributed by atoms with Crippen molar-refractivity contribution in [1.29, 1.82) is 0 Å². The molecule has 10 heteroatoms. The van der Waals surface area contributed by atoms with E-state index >= 15 is 0 Å². The molecule has 0 radical (unpaired) electrons. The number of piperidine rings is 1. The molecule has 2 N–H and O–H groups in total. The van der Waals surface area contributed by atoms with Gasteiger partial charge in [0.1, 0.15) is 0 Å². The summed E-state index contributed by atoms with van der Waals surface area (Å²) in [5, 5.41) is 9.01. The number of amides is 2. The van der Waals surface area contributed by atoms with E-state index in [9.17, 15) is 9.59 Å². The van der Waals surface area contributed by atoms with Gasteiger partial charge in [-0.15, -0.1) is 0 Å². The Balaban J connectivity index is 1.02. The van der Waals surface area contributed by atoms with Crippen LogP contribution in [0.15, 0.2) is 84.2 Å². The maximum absolute atomic E-state index is 11.9. The summed E-state index contributed by atoms with van der Waals surface area (Å²) in [5.41, 5.74) is 4.76. The van der Waals surface area contributed by atoms with E-state index < -0.39 is 0 Å². The molecule has 0 saturated carbocycles. The van der Waals surface area contributed by atoms with Crippen molar-refractivity contribution in [2.24, 2.45) is 5.92 Å². The third kappa shape index (κ3) is 5.84. The molecule has 2 aliphatic rings. The van der Waals surface area contributed by atoms with Crippen molar-refractivity contribution < 1.29 is 9.59 Å². The van der Waals surface area contributed by atoms with Gasteiger partial charge in [-0.1, -0.05) is 42.5 Å². The van der Waals surface area contributed by atoms with Crippen LogP contribution in [0.5, 0.6) is 0 Å². The van der Waals surface area contributed by atoms with E-state index in [1.807, 2.05) is 24.5 Å². The first-order chi connectivity index (χ1) is 21.1. The van der Waals surface area contributed by atoms with Crippen LogP contribution in [0.25, 0.3) is 39.0 Å². The van der Waals surface area contributed by atoms with Gasteiger partial charge in [-0.3, -0.25) is 19.9 Å². The van der Waals surface area contributed by atoms with Crippen molar-refractivity contribution in [3.63, 3.8) is 0 Å². The lowest BCUT2D eigenvalue weighted by atomic mass is 9.96. The molecule has 2 amide bonds. The molecule has 0 aliphatic carbocycles. The van der Waals surface area contributed by atoms with Crippen LogP contribution in [0, 0.1) is 5.92 Å². The number of pyridine rings is 2. The van der Waals surface area contributed by atoms with Gasteiger partial charge in [0.05, 0.1) is 21.8 Å². The lowest BCUT2D eigenvalue weighted by Gasteiger charge is -2.32. The number of rotatable bonds is 7. The number of hydrogen-bond donors (Lipinski definition) is 2. The SMILES string of the molecule is O=C1NC(=O)/C(=C/c2ccnc(N3CCC(CNCc4cc5ccccc5nc4-c4cncc5ccccc45)CC3)n2)S1. The molecule has 0 bridgehead atoms. The van der Waals surface area contributed by atoms with E-state index in [1.54, 1.807) is 18.3 Å². The van der Waals surface area contributed by atoms with Crippen LogP contribution in [0.4, 0.5) is 10.7 Å². The van der Waals surface area contributed by atoms with Gasteiger partial charge in [-0.25, -0.2) is 15.0 Å². The fourth-order valence-electron chi connectivity index (χ4n) is 5.73. The molecule has 0 atom stereocenters. The number of anilines is 1. The number of hydrogen-bond acceptors (Lipinski definition) is 9. The Bertz CT molecular complexity index is 1880. The van der Waals surface area contributed by atoms with E-state index in [4.69, 9.17) is 4.98 Å². The second-order valence-corrected chi connectivity index (χ2v) is 11.8. The summed E-state index contributed by atoms with van der Waals surface area (Å²) in [6.45, 7) is 3.32. The summed E-state index contributed by atoms with van der Waals surface area (Å²) in [7, 11) is 0. The molecule has 5 aromatic rings. The lowest BCUT2D eigenvalue weighted by molar-refractivity contribution is -0.115. The zero-order valence-corrected chi connectivity index (χ0v) is 24.2. The van der Waals surface area contributed by atoms with E-state index in [0.29, 0.717) is 29.0 Å². The van der Waals surface area contributed by atoms with Gasteiger partial charge in [-0.05, 0) is 72.3 Å². The van der Waals surface area contributed by atoms with Crippen molar-refractivity contribution in [3.05, 3.63) is 95.4 Å². The number of fused-ring (bicyclic) bond motifs is 2. The van der Waals surface area contributed by atoms with Gasteiger partial charge < -0.3 is 10.2 Å². The van der Waals surface area contributed by atoms with E-state index in [1.165, 1.54) is 0 Å². The minimum Gasteiger partial charge on any atom is -0.341 e. The first kappa shape index (κ1) is 27.2. The predicted molar refractivity (Wildman–Crippen MR) is 170 cm³/mol. The number of carbonyl (C=O) groups excluding carboxylic acids is 2. The first-order valence-electron chi connectivity index (χ1n) is 14.4. The monoisotopic (exact) mass is 587 g/mol. The Kier molecular flexibility index (Phi) is 7.53. The third-order valence-electron chi connectivity index (χ3n) is 7.96. The van der Waals surface area contributed by atoms with Crippen LogP contribution in [0.3, 0.4) is 0 Å². The molecule has 5 heterocycles. The van der Waals surface area contributed by atoms with Crippen molar-refractivity contribution in [2.45, 2.75) is 19.4 Å². The standard InChI is InChI=1S/C33H29N7O2S/c41-31-29(43-33(42)39-31)16-25-9-12-36-32(37-25)40-13-10-21(11-14-40)17-34-19-24-15-22-5-2-4-8-28(22)38-30(24)27-20-35-18-23-6-1-3-7-26(23)27/h1-9,12,15-16,18,20-21,34H,10-11,13-14,17,19H2,(H,39,41,42)/b29-16-. The van der Waals surface area contributed by atoms with Crippen molar-refractivity contribution in [3.8, 4) is 11.3 Å². The van der Waals surface area contributed by atoms with Crippen LogP contribution in [-0.2, 0) is 11.3 Å². The summed E-state index contributed by atoms with van der Waals surface area (Å²) in [5.74, 6) is 0.789. The Labute approximate surface area is 252 Å². The van der Waals surface area contributed by atoms with Crippen LogP contribution in [-0.4, -0.2) is 50.7 Å². The fraction of sp³-hybridized carbons (Fsp3) is 0.212. The highest BCUT2D eigenvalue weighted by Crippen LogP contribution is 2.31.